The summed E-state index contributed by atoms with van der Waals surface area (Å²) >= 11 is 0. The van der Waals surface area contributed by atoms with Gasteiger partial charge in [0.25, 0.3) is 0 Å². The summed E-state index contributed by atoms with van der Waals surface area (Å²) in [5, 5.41) is 0. The minimum atomic E-state index is -0.440. The summed E-state index contributed by atoms with van der Waals surface area (Å²) < 4.78 is 24.1. The van der Waals surface area contributed by atoms with Crippen LogP contribution < -0.4 is 10.5 Å². The summed E-state index contributed by atoms with van der Waals surface area (Å²) in [6.45, 7) is 0. The van der Waals surface area contributed by atoms with Gasteiger partial charge in [-0.1, -0.05) is 12.1 Å². The van der Waals surface area contributed by atoms with Gasteiger partial charge in [0.15, 0.2) is 5.58 Å². The number of benzene rings is 2. The van der Waals surface area contributed by atoms with Gasteiger partial charge in [-0.05, 0) is 12.1 Å². The lowest BCUT2D eigenvalue weighted by atomic mass is 10.2. The van der Waals surface area contributed by atoms with E-state index < -0.39 is 5.82 Å². The highest BCUT2D eigenvalue weighted by atomic mass is 19.1. The number of rotatable bonds is 2. The van der Waals surface area contributed by atoms with Crippen LogP contribution in [0.25, 0.3) is 22.6 Å². The zero-order chi connectivity index (χ0) is 13.4. The van der Waals surface area contributed by atoms with Crippen LogP contribution in [0.15, 0.2) is 40.8 Å². The number of anilines is 1. The Balaban J connectivity index is 2.23. The molecule has 0 saturated carbocycles. The van der Waals surface area contributed by atoms with Crippen molar-refractivity contribution in [1.29, 1.82) is 0 Å². The second-order valence-corrected chi connectivity index (χ2v) is 4.06. The molecule has 0 aliphatic carbocycles. The van der Waals surface area contributed by atoms with Gasteiger partial charge in [0.2, 0.25) is 5.89 Å². The van der Waals surface area contributed by atoms with Gasteiger partial charge in [-0.3, -0.25) is 0 Å². The van der Waals surface area contributed by atoms with Gasteiger partial charge in [-0.2, -0.15) is 0 Å². The number of oxazole rings is 1. The zero-order valence-corrected chi connectivity index (χ0v) is 10.2. The third-order valence-corrected chi connectivity index (χ3v) is 2.82. The number of halogens is 1. The molecule has 5 heteroatoms. The Morgan fingerprint density at radius 3 is 2.84 bits per heavy atom. The quantitative estimate of drug-likeness (QED) is 0.717. The van der Waals surface area contributed by atoms with E-state index in [1.165, 1.54) is 12.1 Å². The molecular weight excluding hydrogens is 247 g/mol. The van der Waals surface area contributed by atoms with Crippen molar-refractivity contribution in [3.63, 3.8) is 0 Å². The molecule has 3 rings (SSSR count). The van der Waals surface area contributed by atoms with Gasteiger partial charge in [0, 0.05) is 12.1 Å². The Morgan fingerprint density at radius 1 is 1.26 bits per heavy atom. The molecule has 0 bridgehead atoms. The summed E-state index contributed by atoms with van der Waals surface area (Å²) in [6, 6.07) is 9.80. The number of fused-ring (bicyclic) bond motifs is 1. The van der Waals surface area contributed by atoms with Crippen molar-refractivity contribution in [2.45, 2.75) is 0 Å². The van der Waals surface area contributed by atoms with Crippen LogP contribution in [-0.2, 0) is 0 Å². The fourth-order valence-electron chi connectivity index (χ4n) is 1.96. The van der Waals surface area contributed by atoms with Gasteiger partial charge >= 0.3 is 0 Å². The second-order valence-electron chi connectivity index (χ2n) is 4.06. The zero-order valence-electron chi connectivity index (χ0n) is 10.2. The molecule has 96 valence electrons. The number of ether oxygens (including phenoxy) is 1. The Hall–Kier alpha value is -2.56. The van der Waals surface area contributed by atoms with Gasteiger partial charge in [-0.15, -0.1) is 0 Å². The molecule has 4 nitrogen and oxygen atoms in total. The maximum absolute atomic E-state index is 13.3. The predicted octanol–water partition coefficient (Wildman–Crippen LogP) is 3.22. The van der Waals surface area contributed by atoms with E-state index in [1.54, 1.807) is 13.2 Å². The SMILES string of the molecule is COc1ccccc1-c1nc2cc(F)cc(N)c2o1. The normalized spacial score (nSPS) is 10.8. The second kappa shape index (κ2) is 4.28. The molecule has 0 fully saturated rings. The number of nitrogens with zero attached hydrogens (tertiary/aromatic N) is 1. The largest absolute Gasteiger partial charge is 0.496 e. The van der Waals surface area contributed by atoms with Crippen LogP contribution in [0.4, 0.5) is 10.1 Å². The van der Waals surface area contributed by atoms with Crippen molar-refractivity contribution < 1.29 is 13.5 Å². The lowest BCUT2D eigenvalue weighted by Crippen LogP contribution is -1.86. The summed E-state index contributed by atoms with van der Waals surface area (Å²) in [6.07, 6.45) is 0. The molecule has 0 aliphatic rings. The smallest absolute Gasteiger partial charge is 0.231 e. The lowest BCUT2D eigenvalue weighted by molar-refractivity contribution is 0.414. The van der Waals surface area contributed by atoms with Crippen molar-refractivity contribution in [2.75, 3.05) is 12.8 Å². The van der Waals surface area contributed by atoms with Gasteiger partial charge < -0.3 is 14.9 Å². The van der Waals surface area contributed by atoms with Gasteiger partial charge in [0.1, 0.15) is 17.1 Å². The van der Waals surface area contributed by atoms with Crippen molar-refractivity contribution in [2.24, 2.45) is 0 Å². The first-order valence-corrected chi connectivity index (χ1v) is 5.68. The topological polar surface area (TPSA) is 61.3 Å². The Morgan fingerprint density at radius 2 is 2.05 bits per heavy atom. The molecule has 0 radical (unpaired) electrons. The fraction of sp³-hybridized carbons (Fsp3) is 0.0714. The van der Waals surface area contributed by atoms with Crippen LogP contribution in [0.3, 0.4) is 0 Å². The van der Waals surface area contributed by atoms with Crippen LogP contribution in [0.2, 0.25) is 0 Å². The van der Waals surface area contributed by atoms with Gasteiger partial charge in [-0.25, -0.2) is 9.37 Å². The molecule has 2 aromatic carbocycles. The first-order valence-electron chi connectivity index (χ1n) is 5.68. The minimum Gasteiger partial charge on any atom is -0.496 e. The van der Waals surface area contributed by atoms with E-state index in [9.17, 15) is 4.39 Å². The van der Waals surface area contributed by atoms with Crippen LogP contribution in [0.1, 0.15) is 0 Å². The Labute approximate surface area is 108 Å². The molecule has 0 saturated heterocycles. The molecule has 2 N–H and O–H groups in total. The van der Waals surface area contributed by atoms with Crippen LogP contribution >= 0.6 is 0 Å². The average Bonchev–Trinajstić information content (AvgIpc) is 2.82. The number of hydrogen-bond acceptors (Lipinski definition) is 4. The van der Waals surface area contributed by atoms with E-state index in [4.69, 9.17) is 14.9 Å². The molecule has 0 amide bonds. The monoisotopic (exact) mass is 258 g/mol. The first-order chi connectivity index (χ1) is 9.19. The third kappa shape index (κ3) is 1.89. The Bertz CT molecular complexity index is 752. The van der Waals surface area contributed by atoms with E-state index in [1.807, 2.05) is 18.2 Å². The molecule has 19 heavy (non-hydrogen) atoms. The molecule has 0 unspecified atom stereocenters. The molecule has 3 aromatic rings. The van der Waals surface area contributed by atoms with E-state index in [0.29, 0.717) is 28.3 Å². The summed E-state index contributed by atoms with van der Waals surface area (Å²) in [5.74, 6) is 0.544. The number of nitrogen functional groups attached to an aromatic ring is 1. The standard InChI is InChI=1S/C14H11FN2O2/c1-18-12-5-3-2-4-9(12)14-17-11-7-8(15)6-10(16)13(11)19-14/h2-7H,16H2,1H3. The molecule has 1 aromatic heterocycles. The number of aromatic nitrogens is 1. The minimum absolute atomic E-state index is 0.226. The van der Waals surface area contributed by atoms with E-state index in [2.05, 4.69) is 4.98 Å². The van der Waals surface area contributed by atoms with Gasteiger partial charge in [0.05, 0.1) is 18.4 Å². The van der Waals surface area contributed by atoms with Crippen molar-refractivity contribution in [3.8, 4) is 17.2 Å². The van der Waals surface area contributed by atoms with E-state index in [0.717, 1.165) is 0 Å². The fourth-order valence-corrected chi connectivity index (χ4v) is 1.96. The molecule has 0 aliphatic heterocycles. The molecule has 0 spiro atoms. The highest BCUT2D eigenvalue weighted by Crippen LogP contribution is 2.33. The van der Waals surface area contributed by atoms with Crippen LogP contribution in [0.5, 0.6) is 5.75 Å². The van der Waals surface area contributed by atoms with Crippen molar-refractivity contribution >= 4 is 16.8 Å². The lowest BCUT2D eigenvalue weighted by Gasteiger charge is -2.03. The van der Waals surface area contributed by atoms with Crippen molar-refractivity contribution in [1.82, 2.24) is 4.98 Å². The average molecular weight is 258 g/mol. The number of methoxy groups -OCH3 is 1. The summed E-state index contributed by atoms with van der Waals surface area (Å²) in [7, 11) is 1.56. The highest BCUT2D eigenvalue weighted by molar-refractivity contribution is 5.87. The Kier molecular flexibility index (Phi) is 2.59. The number of nitrogens with two attached hydrogens (primary N) is 1. The first kappa shape index (κ1) is 11.5. The van der Waals surface area contributed by atoms with Crippen LogP contribution in [0, 0.1) is 5.82 Å². The maximum atomic E-state index is 13.3. The molecule has 1 heterocycles. The summed E-state index contributed by atoms with van der Waals surface area (Å²) in [4.78, 5) is 4.25. The predicted molar refractivity (Wildman–Crippen MR) is 70.4 cm³/mol. The maximum Gasteiger partial charge on any atom is 0.231 e. The highest BCUT2D eigenvalue weighted by Gasteiger charge is 2.14. The third-order valence-electron chi connectivity index (χ3n) is 2.82. The molecule has 0 atom stereocenters. The van der Waals surface area contributed by atoms with Crippen molar-refractivity contribution in [3.05, 3.63) is 42.2 Å². The van der Waals surface area contributed by atoms with Crippen LogP contribution in [-0.4, -0.2) is 12.1 Å². The van der Waals surface area contributed by atoms with E-state index in [-0.39, 0.29) is 5.69 Å². The number of hydrogen-bond donors (Lipinski definition) is 1. The summed E-state index contributed by atoms with van der Waals surface area (Å²) in [5.41, 5.74) is 7.40. The van der Waals surface area contributed by atoms with E-state index >= 15 is 0 Å². The number of para-hydroxylation sites is 1. The molecular formula is C14H11FN2O2.